The van der Waals surface area contributed by atoms with E-state index in [1.165, 1.54) is 47.2 Å². The van der Waals surface area contributed by atoms with Crippen LogP contribution >= 0.6 is 58.0 Å². The van der Waals surface area contributed by atoms with Gasteiger partial charge in [-0.2, -0.15) is 0 Å². The molecule has 6 heterocycles. The van der Waals surface area contributed by atoms with Crippen molar-refractivity contribution in [3.05, 3.63) is 144 Å². The molecule has 0 saturated carbocycles. The van der Waals surface area contributed by atoms with Crippen LogP contribution in [0.3, 0.4) is 0 Å². The van der Waals surface area contributed by atoms with E-state index in [1.54, 1.807) is 54.9 Å². The van der Waals surface area contributed by atoms with E-state index in [-0.39, 0.29) is 16.0 Å². The van der Waals surface area contributed by atoms with Gasteiger partial charge in [0.2, 0.25) is 11.1 Å². The molecule has 0 aliphatic carbocycles. The zero-order valence-corrected chi connectivity index (χ0v) is 44.6. The summed E-state index contributed by atoms with van der Waals surface area (Å²) < 4.78 is 25.1. The highest BCUT2D eigenvalue weighted by atomic mass is 35.5. The van der Waals surface area contributed by atoms with E-state index in [2.05, 4.69) is 69.6 Å². The molecule has 8 rings (SSSR count). The lowest BCUT2D eigenvalue weighted by molar-refractivity contribution is -0.112. The number of pyridine rings is 2. The summed E-state index contributed by atoms with van der Waals surface area (Å²) in [6.45, 7) is 6.57. The lowest BCUT2D eigenvalue weighted by atomic mass is 10.1. The Hall–Kier alpha value is -8.27. The summed E-state index contributed by atoms with van der Waals surface area (Å²) in [7, 11) is 9.76. The Morgan fingerprint density at radius 1 is 0.587 bits per heavy atom. The zero-order chi connectivity index (χ0) is 54.3. The number of hydrogen-bond acceptors (Lipinski definition) is 17. The molecule has 388 valence electrons. The molecule has 20 nitrogen and oxygen atoms in total. The second-order valence-electron chi connectivity index (χ2n) is 15.1. The molecule has 2 aromatic carbocycles. The number of rotatable bonds is 17. The van der Waals surface area contributed by atoms with E-state index in [9.17, 15) is 9.59 Å². The van der Waals surface area contributed by atoms with E-state index >= 15 is 0 Å². The topological polar surface area (TPSA) is 244 Å². The first kappa shape index (κ1) is 56.0. The van der Waals surface area contributed by atoms with Crippen molar-refractivity contribution in [1.29, 1.82) is 0 Å². The molecule has 8 aromatic rings. The summed E-state index contributed by atoms with van der Waals surface area (Å²) in [5.74, 6) is 4.63. The van der Waals surface area contributed by atoms with Gasteiger partial charge in [-0.1, -0.05) is 59.6 Å². The third-order valence-electron chi connectivity index (χ3n) is 10.4. The van der Waals surface area contributed by atoms with Gasteiger partial charge in [0.05, 0.1) is 62.6 Å². The number of nitrogens with zero attached hydrogens (tertiary/aromatic N) is 8. The van der Waals surface area contributed by atoms with Crippen LogP contribution in [-0.4, -0.2) is 78.6 Å². The van der Waals surface area contributed by atoms with Crippen molar-refractivity contribution in [2.24, 2.45) is 14.1 Å². The lowest BCUT2D eigenvalue weighted by Crippen LogP contribution is -2.09. The van der Waals surface area contributed by atoms with E-state index < -0.39 is 5.24 Å². The molecule has 75 heavy (non-hydrogen) atoms. The van der Waals surface area contributed by atoms with Crippen LogP contribution in [0, 0.1) is 0 Å². The van der Waals surface area contributed by atoms with Crippen LogP contribution in [0.15, 0.2) is 123 Å². The number of amides is 1. The lowest BCUT2D eigenvalue weighted by Gasteiger charge is -2.17. The molecule has 6 aromatic heterocycles. The Balaban J connectivity index is 0.000000225. The van der Waals surface area contributed by atoms with Gasteiger partial charge in [-0.3, -0.25) is 9.59 Å². The third kappa shape index (κ3) is 13.7. The fourth-order valence-electron chi connectivity index (χ4n) is 6.72. The standard InChI is InChI=1S/C25H23Cl2N7O3.C22H21Cl2N7O2.C3H3ClO/c1-5-20(35)31-15-8-10-34(2)25(15)32-19-11-16(29-13-30-19)14-7-6-9-28-24(14)33-23-21(26)17(36-3)12-18(37-4)22(23)27;1-31-8-6-13(25)22(31)29-17-9-14(27-11-28-17)12-5-4-7-26-21(12)30-20-18(23)15(32-2)10-16(33-3)19(20)24;1-2-3(4)5/h5-13H,1H2,2-4H3,(H,28,33)(H,31,35)(H,29,30,32);4-11H,25H2,1-3H3,(H,26,30)(H,27,28,29);2H,1H2. The molecule has 0 fully saturated rings. The highest BCUT2D eigenvalue weighted by Gasteiger charge is 2.22. The molecule has 0 saturated heterocycles. The number of nitrogens with one attached hydrogen (secondary N) is 5. The molecule has 0 atom stereocenters. The molecule has 0 aliphatic heterocycles. The number of methoxy groups -OCH3 is 4. The van der Waals surface area contributed by atoms with Gasteiger partial charge in [0.15, 0.2) is 0 Å². The van der Waals surface area contributed by atoms with Gasteiger partial charge < -0.3 is 60.4 Å². The molecular weight excluding hydrogens is 1070 g/mol. The molecular formula is C50H47Cl5N14O6. The Labute approximate surface area is 455 Å². The summed E-state index contributed by atoms with van der Waals surface area (Å²) in [5, 5.41) is 16.2. The van der Waals surface area contributed by atoms with Crippen molar-refractivity contribution in [2.45, 2.75) is 0 Å². The van der Waals surface area contributed by atoms with Crippen molar-refractivity contribution in [3.8, 4) is 45.5 Å². The van der Waals surface area contributed by atoms with Crippen LogP contribution in [0.5, 0.6) is 23.0 Å². The Kier molecular flexibility index (Phi) is 19.5. The van der Waals surface area contributed by atoms with Crippen molar-refractivity contribution >= 4 is 127 Å². The maximum absolute atomic E-state index is 11.8. The number of aromatic nitrogens is 8. The predicted octanol–water partition coefficient (Wildman–Crippen LogP) is 12.0. The minimum absolute atomic E-state index is 0.271. The summed E-state index contributed by atoms with van der Waals surface area (Å²) in [5.41, 5.74) is 10.6. The van der Waals surface area contributed by atoms with Crippen LogP contribution in [0.1, 0.15) is 0 Å². The number of hydrogen-bond donors (Lipinski definition) is 6. The van der Waals surface area contributed by atoms with Crippen LogP contribution in [0.2, 0.25) is 20.1 Å². The Bertz CT molecular complexity index is 3300. The molecule has 0 aliphatic rings. The quantitative estimate of drug-likeness (QED) is 0.0367. The van der Waals surface area contributed by atoms with Gasteiger partial charge in [0.1, 0.15) is 90.7 Å². The number of carbonyl (C=O) groups is 2. The van der Waals surface area contributed by atoms with E-state index in [1.807, 2.05) is 53.8 Å². The maximum Gasteiger partial charge on any atom is 0.247 e. The van der Waals surface area contributed by atoms with Crippen LogP contribution in [0.25, 0.3) is 22.5 Å². The van der Waals surface area contributed by atoms with Crippen molar-refractivity contribution in [3.63, 3.8) is 0 Å². The first-order chi connectivity index (χ1) is 36.0. The number of allylic oxidation sites excluding steroid dienone is 1. The number of carbonyl (C=O) groups excluding carboxylic acids is 2. The molecule has 0 spiro atoms. The van der Waals surface area contributed by atoms with E-state index in [0.717, 1.165) is 11.9 Å². The molecule has 0 radical (unpaired) electrons. The fourth-order valence-corrected chi connectivity index (χ4v) is 7.91. The predicted molar refractivity (Wildman–Crippen MR) is 298 cm³/mol. The Morgan fingerprint density at radius 3 is 1.39 bits per heavy atom. The number of anilines is 10. The van der Waals surface area contributed by atoms with Gasteiger partial charge >= 0.3 is 0 Å². The normalized spacial score (nSPS) is 10.3. The highest BCUT2D eigenvalue weighted by Crippen LogP contribution is 2.47. The Morgan fingerprint density at radius 2 is 1.00 bits per heavy atom. The smallest absolute Gasteiger partial charge is 0.247 e. The second-order valence-corrected chi connectivity index (χ2v) is 16.9. The van der Waals surface area contributed by atoms with Gasteiger partial charge in [-0.25, -0.2) is 29.9 Å². The summed E-state index contributed by atoms with van der Waals surface area (Å²) in [4.78, 5) is 47.7. The molecule has 0 bridgehead atoms. The average Bonchev–Trinajstić information content (AvgIpc) is 3.93. The minimum atomic E-state index is -0.509. The highest BCUT2D eigenvalue weighted by molar-refractivity contribution is 6.66. The minimum Gasteiger partial charge on any atom is -0.495 e. The molecule has 1 amide bonds. The van der Waals surface area contributed by atoms with Crippen molar-refractivity contribution in [1.82, 2.24) is 39.0 Å². The first-order valence-corrected chi connectivity index (χ1v) is 23.6. The van der Waals surface area contributed by atoms with Crippen molar-refractivity contribution in [2.75, 3.05) is 60.8 Å². The first-order valence-electron chi connectivity index (χ1n) is 21.7. The second kappa shape index (κ2) is 26.1. The molecule has 7 N–H and O–H groups in total. The monoisotopic (exact) mass is 1110 g/mol. The zero-order valence-electron chi connectivity index (χ0n) is 40.8. The summed E-state index contributed by atoms with van der Waals surface area (Å²) in [6, 6.07) is 17.7. The number of benzene rings is 2. The number of ether oxygens (including phenoxy) is 4. The van der Waals surface area contributed by atoms with E-state index in [4.69, 9.17) is 82.7 Å². The van der Waals surface area contributed by atoms with Gasteiger partial charge in [-0.05, 0) is 60.2 Å². The number of halogens is 5. The number of aryl methyl sites for hydroxylation is 2. The number of nitrogens with two attached hydrogens (primary N) is 1. The summed E-state index contributed by atoms with van der Waals surface area (Å²) >= 11 is 30.8. The van der Waals surface area contributed by atoms with Gasteiger partial charge in [0.25, 0.3) is 0 Å². The number of nitrogen functional groups attached to an aromatic ring is 1. The largest absolute Gasteiger partial charge is 0.495 e. The van der Waals surface area contributed by atoms with Gasteiger partial charge in [0, 0.05) is 74.3 Å². The van der Waals surface area contributed by atoms with Crippen LogP contribution in [0.4, 0.5) is 57.7 Å². The van der Waals surface area contributed by atoms with E-state index in [0.29, 0.717) is 107 Å². The SMILES string of the molecule is C=CC(=O)Cl.C=CC(=O)Nc1ccn(C)c1Nc1cc(-c2cccnc2Nc2c(Cl)c(OC)cc(OC)c2Cl)ncn1.COc1cc(OC)c(Cl)c(Nc2ncccc2-c2cc(Nc3c(N)ccn3C)ncn2)c1Cl. The van der Waals surface area contributed by atoms with Crippen molar-refractivity contribution < 1.29 is 28.5 Å². The molecule has 0 unspecified atom stereocenters. The maximum atomic E-state index is 11.8. The van der Waals surface area contributed by atoms with Crippen LogP contribution < -0.4 is 51.3 Å². The fraction of sp³-hybridized carbons (Fsp3) is 0.120. The molecule has 25 heteroatoms. The van der Waals surface area contributed by atoms with Crippen LogP contribution in [-0.2, 0) is 23.7 Å². The third-order valence-corrected chi connectivity index (χ3v) is 12.1. The average molecular weight is 1120 g/mol. The summed E-state index contributed by atoms with van der Waals surface area (Å²) in [6.07, 6.45) is 12.1. The van der Waals surface area contributed by atoms with Gasteiger partial charge in [-0.15, -0.1) is 0 Å².